The largest absolute Gasteiger partial charge is 0.493 e. The van der Waals surface area contributed by atoms with Crippen LogP contribution in [0.3, 0.4) is 0 Å². The molecule has 0 fully saturated rings. The smallest absolute Gasteiger partial charge is 0.269 e. The highest BCUT2D eigenvalue weighted by atomic mass is 19.3. The first-order valence-corrected chi connectivity index (χ1v) is 4.70. The van der Waals surface area contributed by atoms with Gasteiger partial charge in [-0.05, 0) is 6.92 Å². The molecule has 2 heterocycles. The molecule has 2 rings (SSSR count). The van der Waals surface area contributed by atoms with Crippen LogP contribution in [0, 0.1) is 0 Å². The number of rotatable bonds is 1. The van der Waals surface area contributed by atoms with Gasteiger partial charge in [-0.15, -0.1) is 0 Å². The number of alkyl halides is 2. The average molecular weight is 231 g/mol. The molecule has 0 saturated carbocycles. The molecule has 0 spiro atoms. The molecule has 0 aliphatic carbocycles. The molecule has 0 unspecified atom stereocenters. The predicted molar refractivity (Wildman–Crippen MR) is 52.8 cm³/mol. The van der Waals surface area contributed by atoms with E-state index in [9.17, 15) is 13.6 Å². The summed E-state index contributed by atoms with van der Waals surface area (Å²) in [5.41, 5.74) is -2.12. The van der Waals surface area contributed by atoms with Crippen LogP contribution in [-0.4, -0.2) is 26.1 Å². The van der Waals surface area contributed by atoms with E-state index in [1.807, 2.05) is 0 Å². The van der Waals surface area contributed by atoms with Crippen LogP contribution in [0.4, 0.5) is 14.7 Å². The van der Waals surface area contributed by atoms with Gasteiger partial charge in [0.25, 0.3) is 11.5 Å². The second-order valence-corrected chi connectivity index (χ2v) is 4.21. The van der Waals surface area contributed by atoms with Gasteiger partial charge in [0.1, 0.15) is 5.54 Å². The van der Waals surface area contributed by atoms with E-state index in [0.717, 1.165) is 17.6 Å². The van der Waals surface area contributed by atoms with E-state index in [1.54, 1.807) is 0 Å². The number of halogens is 2. The highest BCUT2D eigenvalue weighted by molar-refractivity contribution is 5.39. The summed E-state index contributed by atoms with van der Waals surface area (Å²) in [7, 11) is 0. The minimum atomic E-state index is -3.01. The number of anilines is 1. The first-order chi connectivity index (χ1) is 7.23. The lowest BCUT2D eigenvalue weighted by molar-refractivity contribution is -0.0414. The van der Waals surface area contributed by atoms with Crippen LogP contribution < -0.4 is 10.9 Å². The van der Waals surface area contributed by atoms with Gasteiger partial charge < -0.3 is 10.4 Å². The number of aromatic nitrogens is 2. The molecule has 1 aromatic heterocycles. The second kappa shape index (κ2) is 2.93. The fourth-order valence-corrected chi connectivity index (χ4v) is 1.59. The van der Waals surface area contributed by atoms with Crippen molar-refractivity contribution in [2.24, 2.45) is 0 Å². The molecular weight excluding hydrogens is 220 g/mol. The first-order valence-electron chi connectivity index (χ1n) is 4.70. The molecule has 0 bridgehead atoms. The third kappa shape index (κ3) is 1.43. The standard InChI is InChI=1S/C9H11F2N3O2/c1-8(9(2,10)11)4-14-6(16)3-5(15)12-7(14)13-8/h3,15H,4H2,1-2H3,(H,12,13)/t8-/m0/s1. The number of hydrogen-bond donors (Lipinski definition) is 2. The number of fused-ring (bicyclic) bond motifs is 1. The number of aromatic hydroxyl groups is 1. The molecule has 0 aromatic carbocycles. The molecule has 7 heteroatoms. The third-order valence-electron chi connectivity index (χ3n) is 2.83. The molecule has 1 atom stereocenters. The lowest BCUT2D eigenvalue weighted by Gasteiger charge is -2.30. The monoisotopic (exact) mass is 231 g/mol. The van der Waals surface area contributed by atoms with Crippen molar-refractivity contribution >= 4 is 5.95 Å². The molecule has 16 heavy (non-hydrogen) atoms. The van der Waals surface area contributed by atoms with Crippen molar-refractivity contribution in [1.82, 2.24) is 9.55 Å². The van der Waals surface area contributed by atoms with Crippen LogP contribution >= 0.6 is 0 Å². The molecule has 0 saturated heterocycles. The van der Waals surface area contributed by atoms with Crippen molar-refractivity contribution in [2.75, 3.05) is 5.32 Å². The molecule has 0 amide bonds. The van der Waals surface area contributed by atoms with Crippen LogP contribution in [0.1, 0.15) is 13.8 Å². The van der Waals surface area contributed by atoms with Gasteiger partial charge in [-0.2, -0.15) is 4.98 Å². The second-order valence-electron chi connectivity index (χ2n) is 4.21. The quantitative estimate of drug-likeness (QED) is 0.749. The molecule has 1 aliphatic rings. The Morgan fingerprint density at radius 1 is 1.69 bits per heavy atom. The minimum Gasteiger partial charge on any atom is -0.493 e. The molecule has 1 aromatic rings. The molecule has 2 N–H and O–H groups in total. The van der Waals surface area contributed by atoms with Crippen molar-refractivity contribution < 1.29 is 13.9 Å². The van der Waals surface area contributed by atoms with Crippen molar-refractivity contribution in [3.05, 3.63) is 16.4 Å². The van der Waals surface area contributed by atoms with E-state index >= 15 is 0 Å². The summed E-state index contributed by atoms with van der Waals surface area (Å²) in [6.07, 6.45) is 0. The number of nitrogens with one attached hydrogen (secondary N) is 1. The highest BCUT2D eigenvalue weighted by Crippen LogP contribution is 2.36. The summed E-state index contributed by atoms with van der Waals surface area (Å²) in [6.45, 7) is 1.90. The fraction of sp³-hybridized carbons (Fsp3) is 0.556. The van der Waals surface area contributed by atoms with Gasteiger partial charge in [-0.3, -0.25) is 9.36 Å². The Morgan fingerprint density at radius 3 is 2.88 bits per heavy atom. The Labute approximate surface area is 89.7 Å². The lowest BCUT2D eigenvalue weighted by Crippen LogP contribution is -2.49. The zero-order valence-electron chi connectivity index (χ0n) is 8.79. The van der Waals surface area contributed by atoms with Crippen LogP contribution in [0.2, 0.25) is 0 Å². The number of nitrogens with zero attached hydrogens (tertiary/aromatic N) is 2. The maximum Gasteiger partial charge on any atom is 0.269 e. The maximum atomic E-state index is 13.3. The van der Waals surface area contributed by atoms with Gasteiger partial charge in [-0.25, -0.2) is 8.78 Å². The fourth-order valence-electron chi connectivity index (χ4n) is 1.59. The summed E-state index contributed by atoms with van der Waals surface area (Å²) < 4.78 is 27.8. The van der Waals surface area contributed by atoms with E-state index in [-0.39, 0.29) is 12.5 Å². The third-order valence-corrected chi connectivity index (χ3v) is 2.83. The van der Waals surface area contributed by atoms with Crippen LogP contribution in [-0.2, 0) is 6.54 Å². The Kier molecular flexibility index (Phi) is 1.98. The van der Waals surface area contributed by atoms with Gasteiger partial charge in [-0.1, -0.05) is 0 Å². The van der Waals surface area contributed by atoms with Gasteiger partial charge >= 0.3 is 0 Å². The van der Waals surface area contributed by atoms with Gasteiger partial charge in [0.05, 0.1) is 12.6 Å². The van der Waals surface area contributed by atoms with Crippen molar-refractivity contribution in [3.63, 3.8) is 0 Å². The molecule has 88 valence electrons. The van der Waals surface area contributed by atoms with E-state index < -0.39 is 22.9 Å². The summed E-state index contributed by atoms with van der Waals surface area (Å²) in [6, 6.07) is 0.894. The maximum absolute atomic E-state index is 13.3. The van der Waals surface area contributed by atoms with Crippen LogP contribution in [0.15, 0.2) is 10.9 Å². The van der Waals surface area contributed by atoms with Crippen molar-refractivity contribution in [1.29, 1.82) is 0 Å². The van der Waals surface area contributed by atoms with Crippen LogP contribution in [0.5, 0.6) is 5.88 Å². The Bertz CT molecular complexity index is 495. The SMILES string of the molecule is CC(F)(F)[C@]1(C)Cn2c(nc(O)cc2=O)N1. The molecule has 5 nitrogen and oxygen atoms in total. The first kappa shape index (κ1) is 10.8. The Hall–Kier alpha value is -1.66. The van der Waals surface area contributed by atoms with Crippen molar-refractivity contribution in [2.45, 2.75) is 31.9 Å². The molecule has 0 radical (unpaired) electrons. The van der Waals surface area contributed by atoms with E-state index in [4.69, 9.17) is 5.11 Å². The zero-order chi connectivity index (χ0) is 12.1. The van der Waals surface area contributed by atoms with E-state index in [2.05, 4.69) is 10.3 Å². The molecular formula is C9H11F2N3O2. The average Bonchev–Trinajstić information content (AvgIpc) is 2.42. The summed E-state index contributed by atoms with van der Waals surface area (Å²) in [4.78, 5) is 15.0. The number of hydrogen-bond acceptors (Lipinski definition) is 4. The topological polar surface area (TPSA) is 67.1 Å². The minimum absolute atomic E-state index is 0.0333. The lowest BCUT2D eigenvalue weighted by atomic mass is 9.96. The summed E-state index contributed by atoms with van der Waals surface area (Å²) >= 11 is 0. The Balaban J connectivity index is 2.49. The van der Waals surface area contributed by atoms with Crippen LogP contribution in [0.25, 0.3) is 0 Å². The Morgan fingerprint density at radius 2 is 2.31 bits per heavy atom. The summed E-state index contributed by atoms with van der Waals surface area (Å²) in [5.74, 6) is -3.52. The van der Waals surface area contributed by atoms with Gasteiger partial charge in [0, 0.05) is 6.92 Å². The van der Waals surface area contributed by atoms with E-state index in [1.165, 1.54) is 6.92 Å². The zero-order valence-corrected chi connectivity index (χ0v) is 8.79. The predicted octanol–water partition coefficient (Wildman–Crippen LogP) is 0.788. The van der Waals surface area contributed by atoms with E-state index in [0.29, 0.717) is 0 Å². The van der Waals surface area contributed by atoms with Gasteiger partial charge in [0.15, 0.2) is 0 Å². The van der Waals surface area contributed by atoms with Gasteiger partial charge in [0.2, 0.25) is 11.8 Å². The normalized spacial score (nSPS) is 24.0. The van der Waals surface area contributed by atoms with Crippen molar-refractivity contribution in [3.8, 4) is 5.88 Å². The molecule has 1 aliphatic heterocycles. The summed E-state index contributed by atoms with van der Waals surface area (Å²) in [5, 5.41) is 11.6. The highest BCUT2D eigenvalue weighted by Gasteiger charge is 2.50.